The summed E-state index contributed by atoms with van der Waals surface area (Å²) in [5.41, 5.74) is 7.43. The van der Waals surface area contributed by atoms with Gasteiger partial charge in [-0.3, -0.25) is 4.79 Å². The van der Waals surface area contributed by atoms with Crippen molar-refractivity contribution in [1.82, 2.24) is 5.32 Å². The fourth-order valence-corrected chi connectivity index (χ4v) is 2.29. The Labute approximate surface area is 118 Å². The molecule has 0 radical (unpaired) electrons. The lowest BCUT2D eigenvalue weighted by Gasteiger charge is -2.36. The molecule has 1 atom stereocenters. The zero-order chi connectivity index (χ0) is 14.5. The molecule has 1 heterocycles. The SMILES string of the molecule is CCNC(=O)C1COCCN1c1ccc(N)cc1C#N. The van der Waals surface area contributed by atoms with E-state index >= 15 is 0 Å². The van der Waals surface area contributed by atoms with Crippen molar-refractivity contribution in [3.05, 3.63) is 23.8 Å². The number of anilines is 2. The van der Waals surface area contributed by atoms with E-state index in [-0.39, 0.29) is 5.91 Å². The number of morpholine rings is 1. The van der Waals surface area contributed by atoms with E-state index in [0.29, 0.717) is 37.6 Å². The standard InChI is InChI=1S/C14H18N4O2/c1-2-17-14(19)13-9-20-6-5-18(13)12-4-3-11(16)7-10(12)8-15/h3-4,7,13H,2,5-6,9,16H2,1H3,(H,17,19). The zero-order valence-electron chi connectivity index (χ0n) is 11.4. The van der Waals surface area contributed by atoms with Crippen LogP contribution in [0.25, 0.3) is 0 Å². The molecule has 6 nitrogen and oxygen atoms in total. The predicted molar refractivity (Wildman–Crippen MR) is 76.2 cm³/mol. The van der Waals surface area contributed by atoms with E-state index in [9.17, 15) is 10.1 Å². The first-order valence-corrected chi connectivity index (χ1v) is 6.59. The highest BCUT2D eigenvalue weighted by Crippen LogP contribution is 2.26. The van der Waals surface area contributed by atoms with Crippen molar-refractivity contribution >= 4 is 17.3 Å². The van der Waals surface area contributed by atoms with Crippen molar-refractivity contribution < 1.29 is 9.53 Å². The molecule has 1 saturated heterocycles. The average Bonchev–Trinajstić information content (AvgIpc) is 2.47. The van der Waals surface area contributed by atoms with Crippen molar-refractivity contribution in [3.63, 3.8) is 0 Å². The number of amides is 1. The van der Waals surface area contributed by atoms with E-state index < -0.39 is 6.04 Å². The molecule has 1 aliphatic rings. The van der Waals surface area contributed by atoms with Gasteiger partial charge in [0, 0.05) is 18.8 Å². The number of carbonyl (C=O) groups is 1. The molecular weight excluding hydrogens is 256 g/mol. The quantitative estimate of drug-likeness (QED) is 0.782. The Morgan fingerprint density at radius 2 is 2.45 bits per heavy atom. The molecule has 0 bridgehead atoms. The van der Waals surface area contributed by atoms with Crippen LogP contribution >= 0.6 is 0 Å². The molecule has 2 rings (SSSR count). The molecule has 3 N–H and O–H groups in total. The minimum atomic E-state index is -0.417. The Balaban J connectivity index is 2.33. The van der Waals surface area contributed by atoms with Crippen molar-refractivity contribution in [3.8, 4) is 6.07 Å². The molecule has 0 saturated carbocycles. The maximum atomic E-state index is 12.1. The third-order valence-electron chi connectivity index (χ3n) is 3.23. The number of nitrogens with one attached hydrogen (secondary N) is 1. The van der Waals surface area contributed by atoms with E-state index in [1.54, 1.807) is 18.2 Å². The molecule has 1 unspecified atom stereocenters. The summed E-state index contributed by atoms with van der Waals surface area (Å²) in [5.74, 6) is -0.0899. The first-order chi connectivity index (χ1) is 9.67. The second kappa shape index (κ2) is 6.26. The van der Waals surface area contributed by atoms with Gasteiger partial charge in [0.05, 0.1) is 24.5 Å². The van der Waals surface area contributed by atoms with Gasteiger partial charge in [-0.1, -0.05) is 0 Å². The Hall–Kier alpha value is -2.26. The Morgan fingerprint density at radius 1 is 1.65 bits per heavy atom. The summed E-state index contributed by atoms with van der Waals surface area (Å²) in [7, 11) is 0. The molecule has 0 spiro atoms. The lowest BCUT2D eigenvalue weighted by Crippen LogP contribution is -2.54. The van der Waals surface area contributed by atoms with Crippen LogP contribution in [-0.4, -0.2) is 38.3 Å². The summed E-state index contributed by atoms with van der Waals surface area (Å²) in [4.78, 5) is 14.0. The molecule has 0 aromatic heterocycles. The van der Waals surface area contributed by atoms with Crippen LogP contribution in [0.4, 0.5) is 11.4 Å². The maximum absolute atomic E-state index is 12.1. The lowest BCUT2D eigenvalue weighted by atomic mass is 10.1. The van der Waals surface area contributed by atoms with Crippen LogP contribution in [0.3, 0.4) is 0 Å². The first kappa shape index (κ1) is 14.2. The highest BCUT2D eigenvalue weighted by atomic mass is 16.5. The van der Waals surface area contributed by atoms with Crippen LogP contribution < -0.4 is 16.0 Å². The van der Waals surface area contributed by atoms with Gasteiger partial charge in [0.1, 0.15) is 12.1 Å². The Kier molecular flexibility index (Phi) is 4.43. The van der Waals surface area contributed by atoms with Crippen LogP contribution in [0.2, 0.25) is 0 Å². The topological polar surface area (TPSA) is 91.4 Å². The van der Waals surface area contributed by atoms with Crippen molar-refractivity contribution in [2.45, 2.75) is 13.0 Å². The third-order valence-corrected chi connectivity index (χ3v) is 3.23. The van der Waals surface area contributed by atoms with Gasteiger partial charge in [0.15, 0.2) is 0 Å². The number of nitriles is 1. The summed E-state index contributed by atoms with van der Waals surface area (Å²) in [6.07, 6.45) is 0. The number of carbonyl (C=O) groups excluding carboxylic acids is 1. The van der Waals surface area contributed by atoms with E-state index in [1.807, 2.05) is 11.8 Å². The van der Waals surface area contributed by atoms with E-state index in [0.717, 1.165) is 5.69 Å². The summed E-state index contributed by atoms with van der Waals surface area (Å²) in [6, 6.07) is 6.86. The molecule has 106 valence electrons. The molecule has 1 aromatic carbocycles. The third kappa shape index (κ3) is 2.83. The van der Waals surface area contributed by atoms with Crippen molar-refractivity contribution in [2.24, 2.45) is 0 Å². The normalized spacial score (nSPS) is 18.4. The number of rotatable bonds is 3. The highest BCUT2D eigenvalue weighted by molar-refractivity contribution is 5.86. The summed E-state index contributed by atoms with van der Waals surface area (Å²) in [6.45, 7) is 3.86. The highest BCUT2D eigenvalue weighted by Gasteiger charge is 2.30. The maximum Gasteiger partial charge on any atom is 0.245 e. The fraction of sp³-hybridized carbons (Fsp3) is 0.429. The summed E-state index contributed by atoms with van der Waals surface area (Å²) < 4.78 is 5.39. The van der Waals surface area contributed by atoms with Gasteiger partial charge >= 0.3 is 0 Å². The zero-order valence-corrected chi connectivity index (χ0v) is 11.4. The van der Waals surface area contributed by atoms with Gasteiger partial charge in [0.2, 0.25) is 5.91 Å². The van der Waals surface area contributed by atoms with Crippen LogP contribution in [0.1, 0.15) is 12.5 Å². The largest absolute Gasteiger partial charge is 0.399 e. The van der Waals surface area contributed by atoms with Gasteiger partial charge in [0.25, 0.3) is 0 Å². The molecular formula is C14H18N4O2. The molecule has 1 amide bonds. The van der Waals surface area contributed by atoms with Crippen molar-refractivity contribution in [2.75, 3.05) is 36.9 Å². The van der Waals surface area contributed by atoms with Crippen LogP contribution in [0.5, 0.6) is 0 Å². The molecule has 6 heteroatoms. The summed E-state index contributed by atoms with van der Waals surface area (Å²) in [5, 5.41) is 12.0. The number of benzene rings is 1. The minimum Gasteiger partial charge on any atom is -0.399 e. The molecule has 1 aromatic rings. The van der Waals surface area contributed by atoms with Gasteiger partial charge in [-0.2, -0.15) is 5.26 Å². The van der Waals surface area contributed by atoms with Crippen LogP contribution in [0.15, 0.2) is 18.2 Å². The first-order valence-electron chi connectivity index (χ1n) is 6.59. The summed E-state index contributed by atoms with van der Waals surface area (Å²) >= 11 is 0. The second-order valence-corrected chi connectivity index (χ2v) is 4.57. The molecule has 20 heavy (non-hydrogen) atoms. The minimum absolute atomic E-state index is 0.0899. The van der Waals surface area contributed by atoms with Gasteiger partial charge in [-0.15, -0.1) is 0 Å². The van der Waals surface area contributed by atoms with Gasteiger partial charge < -0.3 is 20.7 Å². The Morgan fingerprint density at radius 3 is 3.15 bits per heavy atom. The number of nitrogens with zero attached hydrogens (tertiary/aromatic N) is 2. The number of nitrogens with two attached hydrogens (primary N) is 1. The number of nitrogen functional groups attached to an aromatic ring is 1. The number of hydrogen-bond donors (Lipinski definition) is 2. The van der Waals surface area contributed by atoms with Gasteiger partial charge in [-0.05, 0) is 25.1 Å². The number of likely N-dealkylation sites (N-methyl/N-ethyl adjacent to an activating group) is 1. The predicted octanol–water partition coefficient (Wildman–Crippen LogP) is 0.482. The fourth-order valence-electron chi connectivity index (χ4n) is 2.29. The molecule has 0 aliphatic carbocycles. The monoisotopic (exact) mass is 274 g/mol. The van der Waals surface area contributed by atoms with Crippen molar-refractivity contribution in [1.29, 1.82) is 5.26 Å². The van der Waals surface area contributed by atoms with E-state index in [2.05, 4.69) is 11.4 Å². The molecule has 1 fully saturated rings. The molecule has 1 aliphatic heterocycles. The van der Waals surface area contributed by atoms with Gasteiger partial charge in [-0.25, -0.2) is 0 Å². The average molecular weight is 274 g/mol. The van der Waals surface area contributed by atoms with Crippen LogP contribution in [-0.2, 0) is 9.53 Å². The number of hydrogen-bond acceptors (Lipinski definition) is 5. The Bertz CT molecular complexity index is 538. The van der Waals surface area contributed by atoms with E-state index in [1.165, 1.54) is 0 Å². The number of ether oxygens (including phenoxy) is 1. The van der Waals surface area contributed by atoms with E-state index in [4.69, 9.17) is 10.5 Å². The lowest BCUT2D eigenvalue weighted by molar-refractivity contribution is -0.124. The smallest absolute Gasteiger partial charge is 0.245 e. The van der Waals surface area contributed by atoms with Crippen LogP contribution in [0, 0.1) is 11.3 Å². The second-order valence-electron chi connectivity index (χ2n) is 4.57.